The molecule has 1 fully saturated rings. The number of hydrogen-bond acceptors (Lipinski definition) is 1. The van der Waals surface area contributed by atoms with Gasteiger partial charge in [-0.05, 0) is 12.8 Å². The maximum atomic E-state index is 10.4. The molecule has 0 atom stereocenters. The minimum Gasteiger partial charge on any atom is -0.481 e. The van der Waals surface area contributed by atoms with Crippen LogP contribution in [-0.2, 0) is 4.79 Å². The Bertz CT molecular complexity index is 231. The fraction of sp³-hybridized carbons (Fsp3) is 0.947. The molecule has 0 aromatic heterocycles. The molecule has 0 unspecified atom stereocenters. The van der Waals surface area contributed by atoms with Gasteiger partial charge in [-0.15, -0.1) is 0 Å². The molecule has 3 heteroatoms. The Balaban J connectivity index is 0.000000425. The predicted molar refractivity (Wildman–Crippen MR) is 99.1 cm³/mol. The standard InChI is InChI=1S/C7H12O2.3C4H9.Sn/c8-7(9)6-4-2-1-3-5-6;3*1-3-4-2;/h6H,1-5H2,(H,8,9);3*1,3-4H2,2H3;. The van der Waals surface area contributed by atoms with Gasteiger partial charge < -0.3 is 5.11 Å². The van der Waals surface area contributed by atoms with E-state index in [0.29, 0.717) is 0 Å². The zero-order valence-electron chi connectivity index (χ0n) is 15.3. The van der Waals surface area contributed by atoms with E-state index in [4.69, 9.17) is 5.11 Å². The van der Waals surface area contributed by atoms with Crippen LogP contribution in [0.2, 0.25) is 13.3 Å². The maximum Gasteiger partial charge on any atom is 0.306 e. The van der Waals surface area contributed by atoms with E-state index in [-0.39, 0.29) is 5.92 Å². The Kier molecular flexibility index (Phi) is 16.3. The van der Waals surface area contributed by atoms with Crippen LogP contribution in [0.25, 0.3) is 0 Å². The Labute approximate surface area is 146 Å². The molecule has 1 radical (unpaired) electrons. The molecule has 0 bridgehead atoms. The van der Waals surface area contributed by atoms with E-state index >= 15 is 0 Å². The molecule has 0 aromatic rings. The molecule has 0 heterocycles. The zero-order chi connectivity index (χ0) is 16.6. The number of rotatable bonds is 10. The molecule has 131 valence electrons. The molecule has 0 aromatic carbocycles. The SMILES string of the molecule is CCC[CH2][Sn]([CH2]CCC)[CH2]CCC.O=C(O)C1CCCCC1. The smallest absolute Gasteiger partial charge is 0.306 e. The van der Waals surface area contributed by atoms with Crippen LogP contribution < -0.4 is 0 Å². The summed E-state index contributed by atoms with van der Waals surface area (Å²) in [6.45, 7) is 7.00. The number of aliphatic carboxylic acids is 1. The van der Waals surface area contributed by atoms with Crippen LogP contribution in [-0.4, -0.2) is 30.8 Å². The minimum absolute atomic E-state index is 0.0289. The maximum absolute atomic E-state index is 10.4. The molecule has 0 aliphatic heterocycles. The minimum atomic E-state index is -0.839. The second kappa shape index (κ2) is 16.1. The number of unbranched alkanes of at least 4 members (excludes halogenated alkanes) is 3. The summed E-state index contributed by atoms with van der Waals surface area (Å²) >= 11 is -0.839. The Morgan fingerprint density at radius 1 is 0.864 bits per heavy atom. The summed E-state index contributed by atoms with van der Waals surface area (Å²) in [6, 6.07) is 0. The summed E-state index contributed by atoms with van der Waals surface area (Å²) in [4.78, 5) is 10.4. The third-order valence-corrected chi connectivity index (χ3v) is 13.7. The van der Waals surface area contributed by atoms with Crippen molar-refractivity contribution in [2.45, 2.75) is 105 Å². The molecule has 2 nitrogen and oxygen atoms in total. The van der Waals surface area contributed by atoms with Crippen LogP contribution in [0, 0.1) is 5.92 Å². The van der Waals surface area contributed by atoms with Crippen molar-refractivity contribution in [2.75, 3.05) is 0 Å². The Hall–Kier alpha value is 0.269. The average Bonchev–Trinajstić information content (AvgIpc) is 2.55. The van der Waals surface area contributed by atoms with E-state index in [1.807, 2.05) is 0 Å². The van der Waals surface area contributed by atoms with Crippen LogP contribution in [0.15, 0.2) is 0 Å². The first-order valence-electron chi connectivity index (χ1n) is 9.71. The predicted octanol–water partition coefficient (Wildman–Crippen LogP) is 6.53. The number of carboxylic acid groups (broad SMARTS) is 1. The second-order valence-electron chi connectivity index (χ2n) is 6.73. The molecule has 22 heavy (non-hydrogen) atoms. The Morgan fingerprint density at radius 2 is 1.27 bits per heavy atom. The van der Waals surface area contributed by atoms with Gasteiger partial charge in [-0.2, -0.15) is 0 Å². The van der Waals surface area contributed by atoms with Crippen molar-refractivity contribution in [2.24, 2.45) is 5.92 Å². The van der Waals surface area contributed by atoms with E-state index in [9.17, 15) is 4.79 Å². The molecule has 0 saturated heterocycles. The van der Waals surface area contributed by atoms with Crippen LogP contribution in [0.3, 0.4) is 0 Å². The van der Waals surface area contributed by atoms with Crippen molar-refractivity contribution in [3.63, 3.8) is 0 Å². The van der Waals surface area contributed by atoms with Crippen molar-refractivity contribution < 1.29 is 9.90 Å². The van der Waals surface area contributed by atoms with Crippen molar-refractivity contribution in [1.82, 2.24) is 0 Å². The van der Waals surface area contributed by atoms with Crippen LogP contribution in [0.5, 0.6) is 0 Å². The third-order valence-electron chi connectivity index (χ3n) is 4.61. The Morgan fingerprint density at radius 3 is 1.55 bits per heavy atom. The van der Waals surface area contributed by atoms with E-state index < -0.39 is 25.7 Å². The molecular weight excluding hydrogens is 379 g/mol. The first-order chi connectivity index (χ1) is 10.7. The summed E-state index contributed by atoms with van der Waals surface area (Å²) in [5.74, 6) is -0.631. The molecule has 1 aliphatic rings. The van der Waals surface area contributed by atoms with Crippen molar-refractivity contribution >= 4 is 25.7 Å². The number of hydrogen-bond donors (Lipinski definition) is 1. The summed E-state index contributed by atoms with van der Waals surface area (Å²) in [5.41, 5.74) is 0. The van der Waals surface area contributed by atoms with Gasteiger partial charge in [0.15, 0.2) is 0 Å². The van der Waals surface area contributed by atoms with Gasteiger partial charge in [0.25, 0.3) is 0 Å². The summed E-state index contributed by atoms with van der Waals surface area (Å²) in [6.07, 6.45) is 14.1. The number of carbonyl (C=O) groups is 1. The van der Waals surface area contributed by atoms with E-state index in [2.05, 4.69) is 20.8 Å². The first kappa shape index (κ1) is 22.3. The fourth-order valence-corrected chi connectivity index (χ4v) is 12.5. The van der Waals surface area contributed by atoms with Crippen LogP contribution in [0.1, 0.15) is 91.4 Å². The van der Waals surface area contributed by atoms with Crippen molar-refractivity contribution in [1.29, 1.82) is 0 Å². The zero-order valence-corrected chi connectivity index (χ0v) is 18.2. The van der Waals surface area contributed by atoms with Gasteiger partial charge in [0.2, 0.25) is 0 Å². The quantitative estimate of drug-likeness (QED) is 0.410. The third kappa shape index (κ3) is 12.8. The van der Waals surface area contributed by atoms with Crippen molar-refractivity contribution in [3.8, 4) is 0 Å². The monoisotopic (exact) mass is 419 g/mol. The first-order valence-corrected chi connectivity index (χ1v) is 15.8. The van der Waals surface area contributed by atoms with E-state index in [1.54, 1.807) is 13.3 Å². The second-order valence-corrected chi connectivity index (χ2v) is 15.3. The largest absolute Gasteiger partial charge is 0.481 e. The van der Waals surface area contributed by atoms with Gasteiger partial charge in [-0.1, -0.05) is 19.3 Å². The summed E-state index contributed by atoms with van der Waals surface area (Å²) in [5, 5.41) is 8.54. The number of carboxylic acids is 1. The van der Waals surface area contributed by atoms with Crippen LogP contribution in [0.4, 0.5) is 0 Å². The topological polar surface area (TPSA) is 37.3 Å². The molecule has 1 aliphatic carbocycles. The van der Waals surface area contributed by atoms with Gasteiger partial charge in [0.1, 0.15) is 0 Å². The molecular formula is C19H39O2Sn. The van der Waals surface area contributed by atoms with E-state index in [1.165, 1.54) is 44.9 Å². The van der Waals surface area contributed by atoms with Crippen LogP contribution >= 0.6 is 0 Å². The molecule has 1 rings (SSSR count). The fourth-order valence-electron chi connectivity index (χ4n) is 3.00. The van der Waals surface area contributed by atoms with E-state index in [0.717, 1.165) is 25.7 Å². The van der Waals surface area contributed by atoms with Gasteiger partial charge in [-0.3, -0.25) is 4.79 Å². The molecule has 1 saturated carbocycles. The van der Waals surface area contributed by atoms with Gasteiger partial charge >= 0.3 is 98.3 Å². The summed E-state index contributed by atoms with van der Waals surface area (Å²) in [7, 11) is 0. The van der Waals surface area contributed by atoms with Crippen molar-refractivity contribution in [3.05, 3.63) is 0 Å². The normalized spacial score (nSPS) is 15.5. The average molecular weight is 418 g/mol. The van der Waals surface area contributed by atoms with Gasteiger partial charge in [-0.25, -0.2) is 0 Å². The van der Waals surface area contributed by atoms with Gasteiger partial charge in [0, 0.05) is 0 Å². The molecule has 0 spiro atoms. The molecule has 0 amide bonds. The molecule has 1 N–H and O–H groups in total. The van der Waals surface area contributed by atoms with Gasteiger partial charge in [0.05, 0.1) is 5.92 Å². The summed E-state index contributed by atoms with van der Waals surface area (Å²) < 4.78 is 5.04.